The first-order valence-electron chi connectivity index (χ1n) is 8.35. The van der Waals surface area contributed by atoms with Gasteiger partial charge < -0.3 is 14.8 Å². The number of hydrogen-bond donors (Lipinski definition) is 2. The smallest absolute Gasteiger partial charge is 0.206 e. The summed E-state index contributed by atoms with van der Waals surface area (Å²) in [5.74, 6) is 0.853. The Kier molecular flexibility index (Phi) is 6.84. The summed E-state index contributed by atoms with van der Waals surface area (Å²) in [5, 5.41) is 14.0. The van der Waals surface area contributed by atoms with Gasteiger partial charge in [0.05, 0.1) is 20.9 Å². The summed E-state index contributed by atoms with van der Waals surface area (Å²) in [6, 6.07) is 9.38. The molecule has 0 saturated carbocycles. The predicted octanol–water partition coefficient (Wildman–Crippen LogP) is 4.68. The topological polar surface area (TPSA) is 79.5 Å². The van der Waals surface area contributed by atoms with Crippen molar-refractivity contribution in [1.29, 1.82) is 0 Å². The first-order chi connectivity index (χ1) is 12.4. The zero-order valence-corrected chi connectivity index (χ0v) is 16.9. The van der Waals surface area contributed by atoms with Gasteiger partial charge in [-0.05, 0) is 36.8 Å². The van der Waals surface area contributed by atoms with E-state index in [4.69, 9.17) is 16.0 Å². The lowest BCUT2D eigenvalue weighted by atomic mass is 10.1. The SMILES string of the molecule is C.C[C@H](O)c1cccc(S(=O)(=O)c2cc(Cl)c3oc4c(c3c2)CNCC4)c1.Cl. The van der Waals surface area contributed by atoms with Gasteiger partial charge >= 0.3 is 0 Å². The number of nitrogens with one attached hydrogen (secondary N) is 1. The lowest BCUT2D eigenvalue weighted by Gasteiger charge is -2.11. The molecule has 0 bridgehead atoms. The Balaban J connectivity index is 0.00000140. The number of halogens is 2. The Hall–Kier alpha value is -1.57. The number of hydrogen-bond acceptors (Lipinski definition) is 5. The van der Waals surface area contributed by atoms with Crippen LogP contribution in [0.15, 0.2) is 50.6 Å². The average molecular weight is 444 g/mol. The van der Waals surface area contributed by atoms with Crippen molar-refractivity contribution < 1.29 is 17.9 Å². The summed E-state index contributed by atoms with van der Waals surface area (Å²) in [7, 11) is -3.77. The van der Waals surface area contributed by atoms with Gasteiger partial charge in [-0.1, -0.05) is 31.2 Å². The molecule has 2 heterocycles. The van der Waals surface area contributed by atoms with Crippen LogP contribution in [0.2, 0.25) is 5.02 Å². The average Bonchev–Trinajstić information content (AvgIpc) is 3.01. The van der Waals surface area contributed by atoms with Gasteiger partial charge in [-0.25, -0.2) is 8.42 Å². The van der Waals surface area contributed by atoms with Crippen LogP contribution in [0.4, 0.5) is 0 Å². The monoisotopic (exact) mass is 443 g/mol. The summed E-state index contributed by atoms with van der Waals surface area (Å²) in [6.07, 6.45) is 0.00182. The normalized spacial score (nSPS) is 14.7. The highest BCUT2D eigenvalue weighted by atomic mass is 35.5. The summed E-state index contributed by atoms with van der Waals surface area (Å²) >= 11 is 6.34. The van der Waals surface area contributed by atoms with E-state index in [1.807, 2.05) is 0 Å². The minimum absolute atomic E-state index is 0. The fourth-order valence-corrected chi connectivity index (χ4v) is 4.97. The maximum atomic E-state index is 13.1. The molecule has 28 heavy (non-hydrogen) atoms. The molecule has 1 atom stereocenters. The van der Waals surface area contributed by atoms with Crippen molar-refractivity contribution >= 4 is 44.8 Å². The molecule has 0 aliphatic carbocycles. The van der Waals surface area contributed by atoms with Crippen molar-refractivity contribution in [1.82, 2.24) is 5.32 Å². The fourth-order valence-electron chi connectivity index (χ4n) is 3.28. The first kappa shape index (κ1) is 22.7. The van der Waals surface area contributed by atoms with Gasteiger partial charge in [0.15, 0.2) is 5.58 Å². The molecule has 3 aromatic rings. The molecule has 2 N–H and O–H groups in total. The van der Waals surface area contributed by atoms with Gasteiger partial charge in [-0.2, -0.15) is 0 Å². The van der Waals surface area contributed by atoms with E-state index in [1.54, 1.807) is 25.1 Å². The molecule has 0 amide bonds. The third-order valence-corrected chi connectivity index (χ3v) is 6.71. The first-order valence-corrected chi connectivity index (χ1v) is 10.2. The van der Waals surface area contributed by atoms with Gasteiger partial charge in [0.25, 0.3) is 0 Å². The number of aliphatic hydroxyl groups excluding tert-OH is 1. The summed E-state index contributed by atoms with van der Waals surface area (Å²) in [5.41, 5.74) is 2.03. The second kappa shape index (κ2) is 8.43. The Bertz CT molecular complexity index is 1110. The van der Waals surface area contributed by atoms with Crippen LogP contribution < -0.4 is 5.32 Å². The van der Waals surface area contributed by atoms with E-state index in [0.29, 0.717) is 17.7 Å². The quantitative estimate of drug-likeness (QED) is 0.614. The molecule has 0 saturated heterocycles. The van der Waals surface area contributed by atoms with Crippen LogP contribution in [0.1, 0.15) is 37.3 Å². The molecule has 152 valence electrons. The van der Waals surface area contributed by atoms with Gasteiger partial charge in [0.1, 0.15) is 5.76 Å². The Labute approximate surface area is 176 Å². The molecule has 0 spiro atoms. The maximum Gasteiger partial charge on any atom is 0.206 e. The van der Waals surface area contributed by atoms with Gasteiger partial charge in [-0.15, -0.1) is 12.4 Å². The number of fused-ring (bicyclic) bond motifs is 3. The molecule has 1 aromatic heterocycles. The van der Waals surface area contributed by atoms with Crippen molar-refractivity contribution in [3.8, 4) is 0 Å². The zero-order chi connectivity index (χ0) is 18.5. The molecule has 4 rings (SSSR count). The molecular formula is C20H23Cl2NO4S. The molecular weight excluding hydrogens is 421 g/mol. The molecule has 8 heteroatoms. The summed E-state index contributed by atoms with van der Waals surface area (Å²) < 4.78 is 32.1. The maximum absolute atomic E-state index is 13.1. The van der Waals surface area contributed by atoms with Crippen LogP contribution in [0.25, 0.3) is 11.0 Å². The van der Waals surface area contributed by atoms with E-state index in [9.17, 15) is 13.5 Å². The van der Waals surface area contributed by atoms with E-state index in [1.165, 1.54) is 18.2 Å². The van der Waals surface area contributed by atoms with Crippen LogP contribution in [-0.2, 0) is 22.8 Å². The number of rotatable bonds is 3. The molecule has 2 aromatic carbocycles. The molecule has 1 aliphatic heterocycles. The van der Waals surface area contributed by atoms with Gasteiger partial charge in [0, 0.05) is 30.5 Å². The van der Waals surface area contributed by atoms with E-state index in [-0.39, 0.29) is 34.6 Å². The van der Waals surface area contributed by atoms with E-state index in [2.05, 4.69) is 5.32 Å². The van der Waals surface area contributed by atoms with Crippen LogP contribution in [0.5, 0.6) is 0 Å². The highest BCUT2D eigenvalue weighted by Gasteiger charge is 2.25. The van der Waals surface area contributed by atoms with Gasteiger partial charge in [0.2, 0.25) is 9.84 Å². The Morgan fingerprint density at radius 1 is 1.21 bits per heavy atom. The molecule has 0 fully saturated rings. The molecule has 1 aliphatic rings. The summed E-state index contributed by atoms with van der Waals surface area (Å²) in [6.45, 7) is 3.04. The highest BCUT2D eigenvalue weighted by Crippen LogP contribution is 2.36. The lowest BCUT2D eigenvalue weighted by molar-refractivity contribution is 0.199. The van der Waals surface area contributed by atoms with Crippen molar-refractivity contribution in [2.24, 2.45) is 0 Å². The second-order valence-electron chi connectivity index (χ2n) is 6.46. The van der Waals surface area contributed by atoms with Crippen molar-refractivity contribution in [3.05, 3.63) is 58.3 Å². The van der Waals surface area contributed by atoms with Crippen molar-refractivity contribution in [3.63, 3.8) is 0 Å². The lowest BCUT2D eigenvalue weighted by Crippen LogP contribution is -2.22. The number of sulfone groups is 1. The van der Waals surface area contributed by atoms with Crippen molar-refractivity contribution in [2.45, 2.75) is 43.2 Å². The molecule has 0 radical (unpaired) electrons. The van der Waals surface area contributed by atoms with E-state index in [0.717, 1.165) is 29.7 Å². The third kappa shape index (κ3) is 3.80. The predicted molar refractivity (Wildman–Crippen MR) is 113 cm³/mol. The fraction of sp³-hybridized carbons (Fsp3) is 0.300. The van der Waals surface area contributed by atoms with E-state index < -0.39 is 15.9 Å². The third-order valence-electron chi connectivity index (χ3n) is 4.70. The van der Waals surface area contributed by atoms with Crippen LogP contribution in [0.3, 0.4) is 0 Å². The highest BCUT2D eigenvalue weighted by molar-refractivity contribution is 7.91. The summed E-state index contributed by atoms with van der Waals surface area (Å²) in [4.78, 5) is 0.244. The zero-order valence-electron chi connectivity index (χ0n) is 14.5. The number of aliphatic hydroxyl groups is 1. The minimum atomic E-state index is -3.77. The van der Waals surface area contributed by atoms with Crippen LogP contribution in [-0.4, -0.2) is 20.1 Å². The molecule has 0 unspecified atom stereocenters. The number of benzene rings is 2. The Morgan fingerprint density at radius 2 is 1.96 bits per heavy atom. The van der Waals surface area contributed by atoms with Gasteiger partial charge in [-0.3, -0.25) is 0 Å². The minimum Gasteiger partial charge on any atom is -0.459 e. The van der Waals surface area contributed by atoms with Crippen LogP contribution in [0, 0.1) is 0 Å². The second-order valence-corrected chi connectivity index (χ2v) is 8.82. The standard InChI is InChI=1S/C19H18ClNO4S.CH4.ClH/c1-11(22)12-3-2-4-13(7-12)26(23,24)14-8-15-16-10-21-6-5-18(16)25-19(15)17(20)9-14;;/h2-4,7-9,11,21-22H,5-6,10H2,1H3;1H4;1H/t11-;;/m0../s1. The largest absolute Gasteiger partial charge is 0.459 e. The Morgan fingerprint density at radius 3 is 2.68 bits per heavy atom. The van der Waals surface area contributed by atoms with Crippen molar-refractivity contribution in [2.75, 3.05) is 6.54 Å². The molecule has 5 nitrogen and oxygen atoms in total. The van der Waals surface area contributed by atoms with Crippen LogP contribution >= 0.6 is 24.0 Å². The van der Waals surface area contributed by atoms with E-state index >= 15 is 0 Å². The number of furan rings is 1.